The monoisotopic (exact) mass is 305 g/mol. The van der Waals surface area contributed by atoms with Gasteiger partial charge < -0.3 is 9.84 Å². The van der Waals surface area contributed by atoms with Crippen molar-refractivity contribution in [3.63, 3.8) is 0 Å². The Morgan fingerprint density at radius 3 is 2.79 bits per heavy atom. The van der Waals surface area contributed by atoms with E-state index >= 15 is 0 Å². The number of aliphatic hydroxyl groups excluding tert-OH is 1. The first kappa shape index (κ1) is 14.9. The van der Waals surface area contributed by atoms with Crippen molar-refractivity contribution in [2.45, 2.75) is 43.9 Å². The number of thiophene rings is 1. The maximum atomic E-state index is 12.3. The van der Waals surface area contributed by atoms with Gasteiger partial charge in [0.15, 0.2) is 0 Å². The minimum Gasteiger partial charge on any atom is -0.391 e. The van der Waals surface area contributed by atoms with E-state index in [1.165, 1.54) is 17.4 Å². The Hall–Kier alpha value is -0.470. The summed E-state index contributed by atoms with van der Waals surface area (Å²) < 4.78 is 32.6. The molecule has 1 heterocycles. The molecule has 2 atom stereocenters. The number of methoxy groups -OCH3 is 1. The number of hydrogen-bond donors (Lipinski definition) is 2. The molecule has 2 unspecified atom stereocenters. The van der Waals surface area contributed by atoms with Crippen molar-refractivity contribution in [1.82, 2.24) is 4.72 Å². The Kier molecular flexibility index (Phi) is 4.04. The first-order valence-electron chi connectivity index (χ1n) is 6.05. The maximum Gasteiger partial charge on any atom is 0.242 e. The van der Waals surface area contributed by atoms with Crippen LogP contribution in [0.1, 0.15) is 25.1 Å². The highest BCUT2D eigenvalue weighted by Crippen LogP contribution is 2.43. The molecule has 2 N–H and O–H groups in total. The van der Waals surface area contributed by atoms with Gasteiger partial charge in [-0.3, -0.25) is 0 Å². The molecular weight excluding hydrogens is 286 g/mol. The molecule has 1 aromatic heterocycles. The molecule has 1 aliphatic carbocycles. The summed E-state index contributed by atoms with van der Waals surface area (Å²) in [6.45, 7) is 3.71. The van der Waals surface area contributed by atoms with Crippen LogP contribution in [-0.4, -0.2) is 32.8 Å². The second-order valence-electron chi connectivity index (χ2n) is 5.32. The van der Waals surface area contributed by atoms with Gasteiger partial charge in [-0.25, -0.2) is 13.1 Å². The summed E-state index contributed by atoms with van der Waals surface area (Å²) in [4.78, 5) is 0.643. The van der Waals surface area contributed by atoms with Crippen LogP contribution >= 0.6 is 11.3 Å². The van der Waals surface area contributed by atoms with E-state index in [0.717, 1.165) is 0 Å². The molecule has 0 radical (unpaired) electrons. The molecule has 19 heavy (non-hydrogen) atoms. The predicted molar refractivity (Wildman–Crippen MR) is 73.5 cm³/mol. The molecule has 1 aromatic rings. The molecule has 2 rings (SSSR count). The Morgan fingerprint density at radius 2 is 2.26 bits per heavy atom. The van der Waals surface area contributed by atoms with E-state index in [0.29, 0.717) is 11.3 Å². The molecule has 1 saturated carbocycles. The van der Waals surface area contributed by atoms with Crippen LogP contribution in [0, 0.1) is 5.41 Å². The van der Waals surface area contributed by atoms with E-state index in [2.05, 4.69) is 4.72 Å². The molecule has 108 valence electrons. The van der Waals surface area contributed by atoms with Crippen LogP contribution in [-0.2, 0) is 21.4 Å². The van der Waals surface area contributed by atoms with Crippen molar-refractivity contribution in [3.05, 3.63) is 16.3 Å². The lowest BCUT2D eigenvalue weighted by atomic mass is 9.65. The second-order valence-corrected chi connectivity index (χ2v) is 8.00. The van der Waals surface area contributed by atoms with Gasteiger partial charge in [-0.1, -0.05) is 13.8 Å². The normalized spacial score (nSPS) is 26.1. The highest BCUT2D eigenvalue weighted by molar-refractivity contribution is 7.89. The zero-order valence-electron chi connectivity index (χ0n) is 11.2. The summed E-state index contributed by atoms with van der Waals surface area (Å²) in [6, 6.07) is 1.38. The van der Waals surface area contributed by atoms with Gasteiger partial charge in [-0.2, -0.15) is 0 Å². The lowest BCUT2D eigenvalue weighted by Gasteiger charge is -2.50. The van der Waals surface area contributed by atoms with Gasteiger partial charge in [0.1, 0.15) is 0 Å². The standard InChI is InChI=1S/C12H19NO4S2/c1-12(2)10(6-11(12)17-3)13-19(15,16)9-4-5-18-8(9)7-14/h4-5,10-11,13-14H,6-7H2,1-3H3. The Balaban J connectivity index is 2.16. The van der Waals surface area contributed by atoms with Gasteiger partial charge in [0.2, 0.25) is 10.0 Å². The van der Waals surface area contributed by atoms with Crippen LogP contribution in [0.3, 0.4) is 0 Å². The van der Waals surface area contributed by atoms with E-state index in [4.69, 9.17) is 9.84 Å². The van der Waals surface area contributed by atoms with Crippen LogP contribution in [0.5, 0.6) is 0 Å². The average Bonchev–Trinajstić information content (AvgIpc) is 2.83. The summed E-state index contributed by atoms with van der Waals surface area (Å²) >= 11 is 1.24. The van der Waals surface area contributed by atoms with E-state index in [1.54, 1.807) is 12.5 Å². The number of rotatable bonds is 5. The molecule has 0 bridgehead atoms. The van der Waals surface area contributed by atoms with Gasteiger partial charge in [0.05, 0.1) is 17.6 Å². The molecular formula is C12H19NO4S2. The van der Waals surface area contributed by atoms with Crippen LogP contribution in [0.2, 0.25) is 0 Å². The fourth-order valence-corrected chi connectivity index (χ4v) is 5.12. The van der Waals surface area contributed by atoms with Crippen LogP contribution in [0.25, 0.3) is 0 Å². The molecule has 0 saturated heterocycles. The highest BCUT2D eigenvalue weighted by Gasteiger charge is 2.50. The highest BCUT2D eigenvalue weighted by atomic mass is 32.2. The number of nitrogens with one attached hydrogen (secondary N) is 1. The van der Waals surface area contributed by atoms with Crippen molar-refractivity contribution in [3.8, 4) is 0 Å². The topological polar surface area (TPSA) is 75.6 Å². The van der Waals surface area contributed by atoms with E-state index < -0.39 is 10.0 Å². The first-order valence-corrected chi connectivity index (χ1v) is 8.41. The summed E-state index contributed by atoms with van der Waals surface area (Å²) in [5, 5.41) is 10.8. The minimum atomic E-state index is -3.58. The summed E-state index contributed by atoms with van der Waals surface area (Å²) in [7, 11) is -1.94. The Labute approximate surface area is 117 Å². The van der Waals surface area contributed by atoms with Gasteiger partial charge in [-0.05, 0) is 17.9 Å². The van der Waals surface area contributed by atoms with Crippen molar-refractivity contribution >= 4 is 21.4 Å². The number of hydrogen-bond acceptors (Lipinski definition) is 5. The third kappa shape index (κ3) is 2.57. The van der Waals surface area contributed by atoms with E-state index in [1.807, 2.05) is 13.8 Å². The fraction of sp³-hybridized carbons (Fsp3) is 0.667. The van der Waals surface area contributed by atoms with Gasteiger partial charge in [0, 0.05) is 23.4 Å². The predicted octanol–water partition coefficient (Wildman–Crippen LogP) is 1.33. The summed E-state index contributed by atoms with van der Waals surface area (Å²) in [5.41, 5.74) is -0.225. The van der Waals surface area contributed by atoms with Crippen LogP contribution in [0.4, 0.5) is 0 Å². The smallest absolute Gasteiger partial charge is 0.242 e. The molecule has 0 aromatic carbocycles. The van der Waals surface area contributed by atoms with Crippen LogP contribution in [0.15, 0.2) is 16.3 Å². The lowest BCUT2D eigenvalue weighted by Crippen LogP contribution is -2.61. The van der Waals surface area contributed by atoms with E-state index in [-0.39, 0.29) is 29.1 Å². The SMILES string of the molecule is COC1CC(NS(=O)(=O)c2ccsc2CO)C1(C)C. The molecule has 5 nitrogen and oxygen atoms in total. The third-order valence-electron chi connectivity index (χ3n) is 3.90. The number of ether oxygens (including phenoxy) is 1. The first-order chi connectivity index (χ1) is 8.82. The lowest BCUT2D eigenvalue weighted by molar-refractivity contribution is -0.0908. The van der Waals surface area contributed by atoms with Gasteiger partial charge in [-0.15, -0.1) is 11.3 Å². The largest absolute Gasteiger partial charge is 0.391 e. The Morgan fingerprint density at radius 1 is 1.58 bits per heavy atom. The molecule has 1 aliphatic rings. The average molecular weight is 305 g/mol. The summed E-state index contributed by atoms with van der Waals surface area (Å²) in [6.07, 6.45) is 0.737. The minimum absolute atomic E-state index is 0.0694. The molecule has 0 aliphatic heterocycles. The fourth-order valence-electron chi connectivity index (χ4n) is 2.42. The van der Waals surface area contributed by atoms with Crippen molar-refractivity contribution in [2.75, 3.05) is 7.11 Å². The van der Waals surface area contributed by atoms with E-state index in [9.17, 15) is 8.42 Å². The molecule has 1 fully saturated rings. The number of aliphatic hydroxyl groups is 1. The second kappa shape index (κ2) is 5.14. The third-order valence-corrected chi connectivity index (χ3v) is 6.49. The van der Waals surface area contributed by atoms with Crippen LogP contribution < -0.4 is 4.72 Å². The molecule has 7 heteroatoms. The summed E-state index contributed by atoms with van der Waals surface area (Å²) in [5.74, 6) is 0. The molecule has 0 amide bonds. The zero-order valence-corrected chi connectivity index (χ0v) is 12.8. The van der Waals surface area contributed by atoms with Crippen molar-refractivity contribution in [1.29, 1.82) is 0 Å². The quantitative estimate of drug-likeness (QED) is 0.860. The van der Waals surface area contributed by atoms with Gasteiger partial charge in [0.25, 0.3) is 0 Å². The number of sulfonamides is 1. The zero-order chi connectivity index (χ0) is 14.3. The van der Waals surface area contributed by atoms with Crippen molar-refractivity contribution in [2.24, 2.45) is 5.41 Å². The van der Waals surface area contributed by atoms with Gasteiger partial charge >= 0.3 is 0 Å². The molecule has 0 spiro atoms. The Bertz CT molecular complexity index is 550. The van der Waals surface area contributed by atoms with Crippen molar-refractivity contribution < 1.29 is 18.3 Å². The maximum absolute atomic E-state index is 12.3.